The first-order valence-corrected chi connectivity index (χ1v) is 10.4. The molecular formula is C23H28N2O4. The van der Waals surface area contributed by atoms with Crippen molar-refractivity contribution in [2.45, 2.75) is 51.4 Å². The third kappa shape index (κ3) is 4.38. The number of aliphatic hydroxyl groups excluding tert-OH is 1. The van der Waals surface area contributed by atoms with Crippen LogP contribution in [0.4, 0.5) is 21.9 Å². The Balaban J connectivity index is 1.64. The fourth-order valence-electron chi connectivity index (χ4n) is 3.84. The van der Waals surface area contributed by atoms with Crippen molar-refractivity contribution in [3.05, 3.63) is 53.6 Å². The maximum absolute atomic E-state index is 12.2. The molecular weight excluding hydrogens is 368 g/mol. The number of para-hydroxylation sites is 1. The predicted octanol–water partition coefficient (Wildman–Crippen LogP) is 4.38. The van der Waals surface area contributed by atoms with Crippen LogP contribution in [0.15, 0.2) is 42.5 Å². The maximum Gasteiger partial charge on any atom is 0.411 e. The molecule has 4 rings (SSSR count). The van der Waals surface area contributed by atoms with E-state index in [1.54, 1.807) is 0 Å². The summed E-state index contributed by atoms with van der Waals surface area (Å²) >= 11 is 0. The maximum atomic E-state index is 12.2. The monoisotopic (exact) mass is 396 g/mol. The van der Waals surface area contributed by atoms with E-state index in [-0.39, 0.29) is 12.7 Å². The summed E-state index contributed by atoms with van der Waals surface area (Å²) in [5, 5.41) is 13.8. The van der Waals surface area contributed by atoms with Gasteiger partial charge in [0.25, 0.3) is 0 Å². The second-order valence-corrected chi connectivity index (χ2v) is 7.57. The Bertz CT molecular complexity index is 866. The smallest absolute Gasteiger partial charge is 0.411 e. The highest BCUT2D eigenvalue weighted by Crippen LogP contribution is 2.38. The van der Waals surface area contributed by atoms with Crippen LogP contribution in [0.5, 0.6) is 0 Å². The fraction of sp³-hybridized carbons (Fsp3) is 0.435. The lowest BCUT2D eigenvalue weighted by atomic mass is 9.96. The van der Waals surface area contributed by atoms with E-state index >= 15 is 0 Å². The van der Waals surface area contributed by atoms with E-state index in [0.717, 1.165) is 49.0 Å². The Morgan fingerprint density at radius 1 is 1.17 bits per heavy atom. The van der Waals surface area contributed by atoms with Crippen molar-refractivity contribution in [3.63, 3.8) is 0 Å². The Kier molecular flexibility index (Phi) is 6.02. The highest BCUT2D eigenvalue weighted by Gasteiger charge is 2.27. The second kappa shape index (κ2) is 8.84. The van der Waals surface area contributed by atoms with Crippen molar-refractivity contribution < 1.29 is 19.4 Å². The minimum absolute atomic E-state index is 0.0345. The van der Waals surface area contributed by atoms with Crippen LogP contribution in [0.25, 0.3) is 0 Å². The molecule has 6 heteroatoms. The van der Waals surface area contributed by atoms with Crippen LogP contribution in [-0.2, 0) is 22.3 Å². The lowest BCUT2D eigenvalue weighted by molar-refractivity contribution is 0.0462. The fourth-order valence-corrected chi connectivity index (χ4v) is 3.84. The van der Waals surface area contributed by atoms with Crippen LogP contribution in [0.2, 0.25) is 0 Å². The molecule has 2 aromatic rings. The molecule has 2 aliphatic rings. The zero-order chi connectivity index (χ0) is 20.2. The van der Waals surface area contributed by atoms with Gasteiger partial charge in [0.2, 0.25) is 0 Å². The second-order valence-electron chi connectivity index (χ2n) is 7.57. The number of benzene rings is 2. The zero-order valence-corrected chi connectivity index (χ0v) is 16.8. The molecule has 1 atom stereocenters. The molecule has 1 saturated carbocycles. The van der Waals surface area contributed by atoms with Crippen molar-refractivity contribution in [2.75, 3.05) is 23.4 Å². The first-order valence-electron chi connectivity index (χ1n) is 10.4. The molecule has 154 valence electrons. The van der Waals surface area contributed by atoms with Gasteiger partial charge in [-0.3, -0.25) is 5.32 Å². The van der Waals surface area contributed by atoms with Gasteiger partial charge in [-0.2, -0.15) is 0 Å². The Morgan fingerprint density at radius 3 is 2.66 bits per heavy atom. The molecule has 1 aliphatic carbocycles. The molecule has 6 nitrogen and oxygen atoms in total. The summed E-state index contributed by atoms with van der Waals surface area (Å²) in [6, 6.07) is 13.9. The molecule has 29 heavy (non-hydrogen) atoms. The lowest BCUT2D eigenvalue weighted by Gasteiger charge is -2.32. The Morgan fingerprint density at radius 2 is 1.93 bits per heavy atom. The largest absolute Gasteiger partial charge is 0.446 e. The van der Waals surface area contributed by atoms with Crippen LogP contribution in [0.3, 0.4) is 0 Å². The normalized spacial score (nSPS) is 16.8. The summed E-state index contributed by atoms with van der Waals surface area (Å²) in [6.45, 7) is 2.65. The number of aliphatic hydroxyl groups is 1. The van der Waals surface area contributed by atoms with E-state index in [1.807, 2.05) is 48.2 Å². The molecule has 1 amide bonds. The number of rotatable bonds is 6. The van der Waals surface area contributed by atoms with E-state index in [9.17, 15) is 9.90 Å². The van der Waals surface area contributed by atoms with E-state index < -0.39 is 12.3 Å². The molecule has 1 fully saturated rings. The molecule has 0 radical (unpaired) electrons. The van der Waals surface area contributed by atoms with Crippen molar-refractivity contribution in [2.24, 2.45) is 0 Å². The standard InChI is InChI=1S/C23H28N2O4/c1-2-28-15-22(26)25-20-9-4-3-6-16(20)10-11-17-12-13-18(14-21(17)25)24-23(27)29-19-7-5-8-19/h3-4,6,9,12-14,19,22,26H,2,5,7-8,10-11,15H2,1H3,(H,24,27). The van der Waals surface area contributed by atoms with Gasteiger partial charge in [0, 0.05) is 23.7 Å². The zero-order valence-electron chi connectivity index (χ0n) is 16.8. The summed E-state index contributed by atoms with van der Waals surface area (Å²) in [7, 11) is 0. The van der Waals surface area contributed by atoms with Crippen molar-refractivity contribution in [1.82, 2.24) is 0 Å². The van der Waals surface area contributed by atoms with E-state index in [4.69, 9.17) is 9.47 Å². The van der Waals surface area contributed by atoms with Gasteiger partial charge in [0.05, 0.1) is 6.61 Å². The van der Waals surface area contributed by atoms with E-state index in [2.05, 4.69) is 11.4 Å². The topological polar surface area (TPSA) is 71.0 Å². The Labute approximate surface area is 171 Å². The van der Waals surface area contributed by atoms with E-state index in [0.29, 0.717) is 12.3 Å². The van der Waals surface area contributed by atoms with Gasteiger partial charge in [0.15, 0.2) is 6.23 Å². The van der Waals surface area contributed by atoms with Crippen LogP contribution >= 0.6 is 0 Å². The van der Waals surface area contributed by atoms with Crippen molar-refractivity contribution in [1.29, 1.82) is 0 Å². The molecule has 0 aromatic heterocycles. The number of hydrogen-bond acceptors (Lipinski definition) is 5. The molecule has 1 unspecified atom stereocenters. The third-order valence-corrected chi connectivity index (χ3v) is 5.60. The van der Waals surface area contributed by atoms with Gasteiger partial charge in [-0.05, 0) is 68.4 Å². The molecule has 0 bridgehead atoms. The Hall–Kier alpha value is -2.57. The minimum atomic E-state index is -0.829. The minimum Gasteiger partial charge on any atom is -0.446 e. The van der Waals surface area contributed by atoms with E-state index in [1.165, 1.54) is 5.56 Å². The van der Waals surface area contributed by atoms with Gasteiger partial charge in [-0.1, -0.05) is 24.3 Å². The number of nitrogens with zero attached hydrogens (tertiary/aromatic N) is 1. The predicted molar refractivity (Wildman–Crippen MR) is 113 cm³/mol. The number of fused-ring (bicyclic) bond motifs is 2. The summed E-state index contributed by atoms with van der Waals surface area (Å²) in [5.74, 6) is 0. The van der Waals surface area contributed by atoms with Gasteiger partial charge in [-0.15, -0.1) is 0 Å². The van der Waals surface area contributed by atoms with Crippen LogP contribution in [0.1, 0.15) is 37.3 Å². The number of amides is 1. The van der Waals surface area contributed by atoms with Crippen LogP contribution in [-0.4, -0.2) is 36.7 Å². The van der Waals surface area contributed by atoms with Gasteiger partial charge in [0.1, 0.15) is 6.10 Å². The summed E-state index contributed by atoms with van der Waals surface area (Å²) in [6.07, 6.45) is 3.51. The highest BCUT2D eigenvalue weighted by atomic mass is 16.6. The SMILES string of the molecule is CCOCC(O)N1c2ccccc2CCc2ccc(NC(=O)OC3CCC3)cc21. The number of anilines is 3. The molecule has 0 spiro atoms. The average molecular weight is 396 g/mol. The third-order valence-electron chi connectivity index (χ3n) is 5.60. The molecule has 2 aromatic carbocycles. The first-order chi connectivity index (χ1) is 14.2. The summed E-state index contributed by atoms with van der Waals surface area (Å²) in [4.78, 5) is 14.1. The number of carbonyl (C=O) groups is 1. The number of aryl methyl sites for hydroxylation is 2. The highest BCUT2D eigenvalue weighted by molar-refractivity contribution is 5.86. The summed E-state index contributed by atoms with van der Waals surface area (Å²) in [5.41, 5.74) is 4.80. The van der Waals surface area contributed by atoms with Gasteiger partial charge < -0.3 is 19.5 Å². The number of ether oxygens (including phenoxy) is 2. The number of carbonyl (C=O) groups excluding carboxylic acids is 1. The first kappa shape index (κ1) is 19.7. The average Bonchev–Trinajstić information content (AvgIpc) is 2.85. The van der Waals surface area contributed by atoms with Crippen LogP contribution < -0.4 is 10.2 Å². The van der Waals surface area contributed by atoms with Crippen molar-refractivity contribution >= 4 is 23.2 Å². The number of hydrogen-bond donors (Lipinski definition) is 2. The van der Waals surface area contributed by atoms with Crippen LogP contribution in [0, 0.1) is 0 Å². The number of nitrogens with one attached hydrogen (secondary N) is 1. The quantitative estimate of drug-likeness (QED) is 0.758. The molecule has 1 aliphatic heterocycles. The molecule has 1 heterocycles. The molecule has 0 saturated heterocycles. The van der Waals surface area contributed by atoms with Crippen molar-refractivity contribution in [3.8, 4) is 0 Å². The van der Waals surface area contributed by atoms with Gasteiger partial charge >= 0.3 is 6.09 Å². The lowest BCUT2D eigenvalue weighted by Crippen LogP contribution is -2.35. The van der Waals surface area contributed by atoms with Gasteiger partial charge in [-0.25, -0.2) is 4.79 Å². The summed E-state index contributed by atoms with van der Waals surface area (Å²) < 4.78 is 10.9. The molecule has 2 N–H and O–H groups in total.